The zero-order chi connectivity index (χ0) is 17.5. The monoisotopic (exact) mass is 401 g/mol. The van der Waals surface area contributed by atoms with E-state index in [1.165, 1.54) is 23.1 Å². The number of carbonyl (C=O) groups excluding carboxylic acids is 1. The number of ether oxygens (including phenoxy) is 1. The molecule has 0 fully saturated rings. The van der Waals surface area contributed by atoms with Gasteiger partial charge in [0, 0.05) is 10.8 Å². The molecule has 24 heavy (non-hydrogen) atoms. The molecule has 5 nitrogen and oxygen atoms in total. The lowest BCUT2D eigenvalue weighted by Gasteiger charge is -2.09. The lowest BCUT2D eigenvalue weighted by Crippen LogP contribution is -2.14. The van der Waals surface area contributed by atoms with Crippen molar-refractivity contribution in [3.05, 3.63) is 35.4 Å². The number of rotatable bonds is 8. The standard InChI is InChI=1S/C15H16ClN3O2S3/c1-9(2)7-22-14-18-19-15(24-14)23-8-13(20)17-11-6-10(16)4-5-12(11)21-3/h4-6H,1,7-8H2,2-3H3,(H,17,20). The van der Waals surface area contributed by atoms with E-state index in [2.05, 4.69) is 22.1 Å². The normalized spacial score (nSPS) is 10.5. The Hall–Kier alpha value is -1.22. The summed E-state index contributed by atoms with van der Waals surface area (Å²) in [5.74, 6) is 1.45. The molecule has 1 aromatic heterocycles. The van der Waals surface area contributed by atoms with E-state index in [-0.39, 0.29) is 11.7 Å². The number of amides is 1. The molecule has 0 aliphatic heterocycles. The van der Waals surface area contributed by atoms with E-state index >= 15 is 0 Å². The van der Waals surface area contributed by atoms with E-state index in [1.807, 2.05) is 6.92 Å². The third-order valence-corrected chi connectivity index (χ3v) is 6.25. The number of nitrogens with one attached hydrogen (secondary N) is 1. The van der Waals surface area contributed by atoms with E-state index < -0.39 is 0 Å². The minimum Gasteiger partial charge on any atom is -0.495 e. The summed E-state index contributed by atoms with van der Waals surface area (Å²) in [5, 5.41) is 11.5. The van der Waals surface area contributed by atoms with Crippen LogP contribution in [0.3, 0.4) is 0 Å². The van der Waals surface area contributed by atoms with Crippen molar-refractivity contribution in [1.29, 1.82) is 0 Å². The van der Waals surface area contributed by atoms with Crippen LogP contribution in [0, 0.1) is 0 Å². The largest absolute Gasteiger partial charge is 0.495 e. The highest BCUT2D eigenvalue weighted by atomic mass is 35.5. The van der Waals surface area contributed by atoms with Crippen molar-refractivity contribution in [2.75, 3.05) is 23.9 Å². The van der Waals surface area contributed by atoms with Gasteiger partial charge in [0.15, 0.2) is 8.68 Å². The molecule has 1 N–H and O–H groups in total. The molecular weight excluding hydrogens is 386 g/mol. The fraction of sp³-hybridized carbons (Fsp3) is 0.267. The highest BCUT2D eigenvalue weighted by Crippen LogP contribution is 2.30. The second kappa shape index (κ2) is 9.31. The summed E-state index contributed by atoms with van der Waals surface area (Å²) in [5.41, 5.74) is 1.63. The van der Waals surface area contributed by atoms with Gasteiger partial charge < -0.3 is 10.1 Å². The average molecular weight is 402 g/mol. The first kappa shape index (κ1) is 19.1. The second-order valence-corrected chi connectivity index (χ2v) is 8.62. The molecule has 0 unspecified atom stereocenters. The second-order valence-electron chi connectivity index (χ2n) is 4.76. The van der Waals surface area contributed by atoms with Crippen molar-refractivity contribution in [2.45, 2.75) is 15.6 Å². The fourth-order valence-electron chi connectivity index (χ4n) is 1.59. The van der Waals surface area contributed by atoms with Crippen LogP contribution in [0.1, 0.15) is 6.92 Å². The Kier molecular flexibility index (Phi) is 7.41. The summed E-state index contributed by atoms with van der Waals surface area (Å²) in [6.07, 6.45) is 0. The number of carbonyl (C=O) groups is 1. The number of methoxy groups -OCH3 is 1. The molecule has 0 saturated carbocycles. The topological polar surface area (TPSA) is 64.1 Å². The van der Waals surface area contributed by atoms with Gasteiger partial charge in [-0.3, -0.25) is 4.79 Å². The summed E-state index contributed by atoms with van der Waals surface area (Å²) < 4.78 is 6.83. The van der Waals surface area contributed by atoms with Crippen molar-refractivity contribution in [3.8, 4) is 5.75 Å². The molecule has 0 spiro atoms. The Morgan fingerprint density at radius 2 is 2.00 bits per heavy atom. The van der Waals surface area contributed by atoms with Gasteiger partial charge in [0.25, 0.3) is 0 Å². The van der Waals surface area contributed by atoms with Crippen molar-refractivity contribution in [2.24, 2.45) is 0 Å². The minimum atomic E-state index is -0.160. The average Bonchev–Trinajstić information content (AvgIpc) is 2.99. The Morgan fingerprint density at radius 3 is 2.62 bits per heavy atom. The van der Waals surface area contributed by atoms with Crippen LogP contribution >= 0.6 is 46.5 Å². The highest BCUT2D eigenvalue weighted by Gasteiger charge is 2.11. The molecule has 2 rings (SSSR count). The van der Waals surface area contributed by atoms with Crippen LogP contribution in [0.5, 0.6) is 5.75 Å². The van der Waals surface area contributed by atoms with Crippen molar-refractivity contribution >= 4 is 58.1 Å². The fourth-order valence-corrected chi connectivity index (χ4v) is 4.43. The summed E-state index contributed by atoms with van der Waals surface area (Å²) in [6.45, 7) is 5.82. The van der Waals surface area contributed by atoms with Gasteiger partial charge in [0.1, 0.15) is 5.75 Å². The quantitative estimate of drug-likeness (QED) is 0.515. The van der Waals surface area contributed by atoms with Gasteiger partial charge in [0.05, 0.1) is 18.6 Å². The van der Waals surface area contributed by atoms with Gasteiger partial charge in [-0.1, -0.05) is 58.6 Å². The predicted octanol–water partition coefficient (Wildman–Crippen LogP) is 4.60. The van der Waals surface area contributed by atoms with Crippen LogP contribution in [-0.2, 0) is 4.79 Å². The Bertz CT molecular complexity index is 737. The number of hydrogen-bond donors (Lipinski definition) is 1. The molecule has 2 aromatic rings. The van der Waals surface area contributed by atoms with Crippen LogP contribution in [0.15, 0.2) is 39.0 Å². The lowest BCUT2D eigenvalue weighted by molar-refractivity contribution is -0.113. The molecule has 0 aliphatic carbocycles. The molecule has 9 heteroatoms. The maximum absolute atomic E-state index is 12.1. The minimum absolute atomic E-state index is 0.160. The molecule has 1 amide bonds. The molecule has 128 valence electrons. The van der Waals surface area contributed by atoms with Gasteiger partial charge >= 0.3 is 0 Å². The van der Waals surface area contributed by atoms with E-state index in [0.717, 1.165) is 20.0 Å². The molecule has 0 bridgehead atoms. The summed E-state index contributed by atoms with van der Waals surface area (Å²) in [6, 6.07) is 5.07. The van der Waals surface area contributed by atoms with Crippen molar-refractivity contribution in [3.63, 3.8) is 0 Å². The van der Waals surface area contributed by atoms with Crippen molar-refractivity contribution < 1.29 is 9.53 Å². The Balaban J connectivity index is 1.87. The molecule has 1 heterocycles. The van der Waals surface area contributed by atoms with Crippen LogP contribution < -0.4 is 10.1 Å². The third-order valence-electron chi connectivity index (χ3n) is 2.59. The van der Waals surface area contributed by atoms with E-state index in [4.69, 9.17) is 16.3 Å². The van der Waals surface area contributed by atoms with E-state index in [1.54, 1.807) is 37.1 Å². The first-order chi connectivity index (χ1) is 11.5. The maximum atomic E-state index is 12.1. The first-order valence-electron chi connectivity index (χ1n) is 6.85. The van der Waals surface area contributed by atoms with Gasteiger partial charge in [-0.25, -0.2) is 0 Å². The molecular formula is C15H16ClN3O2S3. The number of nitrogens with zero attached hydrogens (tertiary/aromatic N) is 2. The third kappa shape index (κ3) is 6.01. The van der Waals surface area contributed by atoms with Gasteiger partial charge in [-0.05, 0) is 25.1 Å². The summed E-state index contributed by atoms with van der Waals surface area (Å²) in [4.78, 5) is 12.1. The smallest absolute Gasteiger partial charge is 0.234 e. The van der Waals surface area contributed by atoms with Crippen molar-refractivity contribution in [1.82, 2.24) is 10.2 Å². The lowest BCUT2D eigenvalue weighted by atomic mass is 10.3. The van der Waals surface area contributed by atoms with Crippen LogP contribution in [-0.4, -0.2) is 34.7 Å². The number of anilines is 1. The SMILES string of the molecule is C=C(C)CSc1nnc(SCC(=O)Nc2cc(Cl)ccc2OC)s1. The maximum Gasteiger partial charge on any atom is 0.234 e. The Morgan fingerprint density at radius 1 is 1.33 bits per heavy atom. The highest BCUT2D eigenvalue weighted by molar-refractivity contribution is 8.03. The van der Waals surface area contributed by atoms with Crippen LogP contribution in [0.2, 0.25) is 5.02 Å². The summed E-state index contributed by atoms with van der Waals surface area (Å²) >= 11 is 10.4. The number of hydrogen-bond acceptors (Lipinski definition) is 7. The zero-order valence-electron chi connectivity index (χ0n) is 13.2. The van der Waals surface area contributed by atoms with Gasteiger partial charge in [0.2, 0.25) is 5.91 Å². The van der Waals surface area contributed by atoms with E-state index in [0.29, 0.717) is 16.5 Å². The number of thioether (sulfide) groups is 2. The molecule has 0 aliphatic rings. The molecule has 0 radical (unpaired) electrons. The Labute approximate surface area is 158 Å². The summed E-state index contributed by atoms with van der Waals surface area (Å²) in [7, 11) is 1.54. The molecule has 0 atom stereocenters. The van der Waals surface area contributed by atoms with Crippen LogP contribution in [0.25, 0.3) is 0 Å². The first-order valence-corrected chi connectivity index (χ1v) is 10.0. The van der Waals surface area contributed by atoms with E-state index in [9.17, 15) is 4.79 Å². The van der Waals surface area contributed by atoms with Gasteiger partial charge in [-0.15, -0.1) is 10.2 Å². The molecule has 1 aromatic carbocycles. The number of benzene rings is 1. The predicted molar refractivity (Wildman–Crippen MR) is 103 cm³/mol. The van der Waals surface area contributed by atoms with Crippen LogP contribution in [0.4, 0.5) is 5.69 Å². The number of halogens is 1. The molecule has 0 saturated heterocycles. The zero-order valence-corrected chi connectivity index (χ0v) is 16.4. The van der Waals surface area contributed by atoms with Gasteiger partial charge in [-0.2, -0.15) is 0 Å². The number of aromatic nitrogens is 2.